The molecule has 144 valence electrons. The van der Waals surface area contributed by atoms with E-state index < -0.39 is 11.9 Å². The second-order valence-electron chi connectivity index (χ2n) is 6.77. The number of para-hydroxylation sites is 1. The van der Waals surface area contributed by atoms with E-state index in [9.17, 15) is 9.18 Å². The summed E-state index contributed by atoms with van der Waals surface area (Å²) in [4.78, 5) is 17.2. The van der Waals surface area contributed by atoms with Gasteiger partial charge in [-0.05, 0) is 49.9 Å². The Bertz CT molecular complexity index is 758. The molecule has 0 aromatic heterocycles. The summed E-state index contributed by atoms with van der Waals surface area (Å²) in [7, 11) is 2.13. The zero-order chi connectivity index (χ0) is 19.2. The number of piperazine rings is 1. The van der Waals surface area contributed by atoms with Crippen LogP contribution in [0.4, 0.5) is 15.8 Å². The Morgan fingerprint density at radius 3 is 2.41 bits per heavy atom. The van der Waals surface area contributed by atoms with E-state index in [1.165, 1.54) is 12.1 Å². The SMILES string of the molecule is CC[C@@H](Oc1ccccc1F)C(=O)Nc1ccc(N2CCN(C)CC2)cc1. The van der Waals surface area contributed by atoms with Gasteiger partial charge < -0.3 is 19.9 Å². The quantitative estimate of drug-likeness (QED) is 0.846. The number of hydrogen-bond donors (Lipinski definition) is 1. The van der Waals surface area contributed by atoms with Crippen LogP contribution >= 0.6 is 0 Å². The van der Waals surface area contributed by atoms with Crippen molar-refractivity contribution in [3.05, 3.63) is 54.3 Å². The van der Waals surface area contributed by atoms with Crippen LogP contribution in [0.25, 0.3) is 0 Å². The average Bonchev–Trinajstić information content (AvgIpc) is 2.68. The van der Waals surface area contributed by atoms with Crippen LogP contribution in [0.3, 0.4) is 0 Å². The number of rotatable bonds is 6. The summed E-state index contributed by atoms with van der Waals surface area (Å²) in [6, 6.07) is 13.9. The van der Waals surface area contributed by atoms with E-state index in [-0.39, 0.29) is 11.7 Å². The number of hydrogen-bond acceptors (Lipinski definition) is 4. The van der Waals surface area contributed by atoms with Crippen molar-refractivity contribution in [3.8, 4) is 5.75 Å². The van der Waals surface area contributed by atoms with Gasteiger partial charge in [0, 0.05) is 37.6 Å². The third-order valence-corrected chi connectivity index (χ3v) is 4.77. The Balaban J connectivity index is 1.60. The minimum atomic E-state index is -0.751. The predicted molar refractivity (Wildman–Crippen MR) is 106 cm³/mol. The van der Waals surface area contributed by atoms with Gasteiger partial charge >= 0.3 is 0 Å². The molecule has 3 rings (SSSR count). The van der Waals surface area contributed by atoms with Gasteiger partial charge in [0.15, 0.2) is 17.7 Å². The van der Waals surface area contributed by atoms with Crippen molar-refractivity contribution in [1.82, 2.24) is 4.90 Å². The highest BCUT2D eigenvalue weighted by molar-refractivity contribution is 5.94. The van der Waals surface area contributed by atoms with Crippen molar-refractivity contribution in [2.45, 2.75) is 19.4 Å². The molecular weight excluding hydrogens is 345 g/mol. The van der Waals surface area contributed by atoms with Gasteiger partial charge in [0.05, 0.1) is 0 Å². The molecule has 0 bridgehead atoms. The lowest BCUT2D eigenvalue weighted by Crippen LogP contribution is -2.44. The third-order valence-electron chi connectivity index (χ3n) is 4.77. The molecule has 6 heteroatoms. The minimum Gasteiger partial charge on any atom is -0.478 e. The molecule has 27 heavy (non-hydrogen) atoms. The van der Waals surface area contributed by atoms with Gasteiger partial charge in [-0.2, -0.15) is 0 Å². The molecule has 1 atom stereocenters. The fraction of sp³-hybridized carbons (Fsp3) is 0.381. The van der Waals surface area contributed by atoms with Crippen LogP contribution in [0.2, 0.25) is 0 Å². The van der Waals surface area contributed by atoms with Gasteiger partial charge in [-0.3, -0.25) is 4.79 Å². The summed E-state index contributed by atoms with van der Waals surface area (Å²) in [5.74, 6) is -0.668. The van der Waals surface area contributed by atoms with Crippen LogP contribution in [0, 0.1) is 5.82 Å². The number of halogens is 1. The standard InChI is InChI=1S/C21H26FN3O2/c1-3-19(27-20-7-5-4-6-18(20)22)21(26)23-16-8-10-17(11-9-16)25-14-12-24(2)13-15-25/h4-11,19H,3,12-15H2,1-2H3,(H,23,26)/t19-/m1/s1. The first-order valence-corrected chi connectivity index (χ1v) is 9.32. The van der Waals surface area contributed by atoms with E-state index in [2.05, 4.69) is 22.2 Å². The summed E-state index contributed by atoms with van der Waals surface area (Å²) in [6.07, 6.45) is -0.307. The maximum absolute atomic E-state index is 13.8. The molecule has 2 aromatic carbocycles. The molecule has 1 heterocycles. The molecule has 1 saturated heterocycles. The highest BCUT2D eigenvalue weighted by atomic mass is 19.1. The average molecular weight is 371 g/mol. The largest absolute Gasteiger partial charge is 0.478 e. The smallest absolute Gasteiger partial charge is 0.265 e. The summed E-state index contributed by atoms with van der Waals surface area (Å²) in [5, 5.41) is 2.86. The highest BCUT2D eigenvalue weighted by Gasteiger charge is 2.20. The van der Waals surface area contributed by atoms with E-state index in [0.29, 0.717) is 12.1 Å². The zero-order valence-electron chi connectivity index (χ0n) is 15.8. The monoisotopic (exact) mass is 371 g/mol. The molecule has 1 aliphatic heterocycles. The molecule has 1 fully saturated rings. The van der Waals surface area contributed by atoms with Crippen molar-refractivity contribution < 1.29 is 13.9 Å². The van der Waals surface area contributed by atoms with Crippen LogP contribution < -0.4 is 15.0 Å². The topological polar surface area (TPSA) is 44.8 Å². The van der Waals surface area contributed by atoms with E-state index in [4.69, 9.17) is 4.74 Å². The molecule has 0 unspecified atom stereocenters. The normalized spacial score (nSPS) is 16.0. The molecule has 0 saturated carbocycles. The third kappa shape index (κ3) is 4.98. The van der Waals surface area contributed by atoms with Crippen LogP contribution in [0.1, 0.15) is 13.3 Å². The van der Waals surface area contributed by atoms with Crippen LogP contribution in [0.15, 0.2) is 48.5 Å². The van der Waals surface area contributed by atoms with E-state index >= 15 is 0 Å². The van der Waals surface area contributed by atoms with E-state index in [0.717, 1.165) is 31.9 Å². The first kappa shape index (κ1) is 19.2. The van der Waals surface area contributed by atoms with Gasteiger partial charge in [-0.1, -0.05) is 19.1 Å². The lowest BCUT2D eigenvalue weighted by Gasteiger charge is -2.34. The summed E-state index contributed by atoms with van der Waals surface area (Å²) >= 11 is 0. The lowest BCUT2D eigenvalue weighted by atomic mass is 10.2. The molecule has 0 radical (unpaired) electrons. The number of carbonyl (C=O) groups excluding carboxylic acids is 1. The van der Waals surface area contributed by atoms with Gasteiger partial charge in [0.1, 0.15) is 0 Å². The maximum atomic E-state index is 13.8. The molecule has 1 amide bonds. The first-order chi connectivity index (χ1) is 13.1. The first-order valence-electron chi connectivity index (χ1n) is 9.32. The predicted octanol–water partition coefficient (Wildman–Crippen LogP) is 3.37. The summed E-state index contributed by atoms with van der Waals surface area (Å²) < 4.78 is 19.3. The van der Waals surface area contributed by atoms with Crippen molar-refractivity contribution >= 4 is 17.3 Å². The van der Waals surface area contributed by atoms with Gasteiger partial charge in [0.25, 0.3) is 5.91 Å². The lowest BCUT2D eigenvalue weighted by molar-refractivity contribution is -0.122. The number of amides is 1. The fourth-order valence-electron chi connectivity index (χ4n) is 3.06. The number of nitrogens with one attached hydrogen (secondary N) is 1. The highest BCUT2D eigenvalue weighted by Crippen LogP contribution is 2.21. The van der Waals surface area contributed by atoms with Gasteiger partial charge in [-0.25, -0.2) is 4.39 Å². The number of anilines is 2. The number of likely N-dealkylation sites (N-methyl/N-ethyl adjacent to an activating group) is 1. The fourth-order valence-corrected chi connectivity index (χ4v) is 3.06. The Hall–Kier alpha value is -2.60. The molecule has 0 aliphatic carbocycles. The maximum Gasteiger partial charge on any atom is 0.265 e. The number of ether oxygens (including phenoxy) is 1. The van der Waals surface area contributed by atoms with E-state index in [1.807, 2.05) is 31.2 Å². The van der Waals surface area contributed by atoms with Crippen molar-refractivity contribution in [1.29, 1.82) is 0 Å². The molecular formula is C21H26FN3O2. The molecule has 0 spiro atoms. The van der Waals surface area contributed by atoms with Gasteiger partial charge in [0.2, 0.25) is 0 Å². The zero-order valence-corrected chi connectivity index (χ0v) is 15.8. The second kappa shape index (κ2) is 8.86. The van der Waals surface area contributed by atoms with Crippen LogP contribution in [-0.4, -0.2) is 50.1 Å². The Morgan fingerprint density at radius 2 is 1.78 bits per heavy atom. The molecule has 1 aliphatic rings. The Kier molecular flexibility index (Phi) is 6.29. The summed E-state index contributed by atoms with van der Waals surface area (Å²) in [5.41, 5.74) is 1.85. The van der Waals surface area contributed by atoms with Crippen molar-refractivity contribution in [2.24, 2.45) is 0 Å². The van der Waals surface area contributed by atoms with Crippen LogP contribution in [0.5, 0.6) is 5.75 Å². The second-order valence-corrected chi connectivity index (χ2v) is 6.77. The van der Waals surface area contributed by atoms with Crippen molar-refractivity contribution in [3.63, 3.8) is 0 Å². The minimum absolute atomic E-state index is 0.0879. The Morgan fingerprint density at radius 1 is 1.11 bits per heavy atom. The number of benzene rings is 2. The number of carbonyl (C=O) groups is 1. The Labute approximate surface area is 159 Å². The molecule has 1 N–H and O–H groups in total. The van der Waals surface area contributed by atoms with Crippen LogP contribution in [-0.2, 0) is 4.79 Å². The molecule has 5 nitrogen and oxygen atoms in total. The van der Waals surface area contributed by atoms with Crippen molar-refractivity contribution in [2.75, 3.05) is 43.4 Å². The van der Waals surface area contributed by atoms with E-state index in [1.54, 1.807) is 12.1 Å². The number of nitrogens with zero attached hydrogens (tertiary/aromatic N) is 2. The summed E-state index contributed by atoms with van der Waals surface area (Å²) in [6.45, 7) is 5.92. The molecule has 2 aromatic rings. The van der Waals surface area contributed by atoms with Gasteiger partial charge in [-0.15, -0.1) is 0 Å².